The molecule has 2 heterocycles. The molecule has 134 valence electrons. The van der Waals surface area contributed by atoms with Crippen LogP contribution >= 0.6 is 15.9 Å². The van der Waals surface area contributed by atoms with E-state index >= 15 is 0 Å². The van der Waals surface area contributed by atoms with Crippen LogP contribution in [0.25, 0.3) is 5.69 Å². The first kappa shape index (κ1) is 17.3. The smallest absolute Gasteiger partial charge is 0.229 e. The Balaban J connectivity index is 1.93. The number of rotatable bonds is 2. The predicted octanol–water partition coefficient (Wildman–Crippen LogP) is 4.30. The minimum atomic E-state index is -0.469. The van der Waals surface area contributed by atoms with Crippen LogP contribution in [0.15, 0.2) is 64.5 Å². The molecule has 1 aromatic heterocycles. The van der Waals surface area contributed by atoms with Gasteiger partial charge in [0.15, 0.2) is 0 Å². The van der Waals surface area contributed by atoms with Gasteiger partial charge in [-0.15, -0.1) is 0 Å². The zero-order valence-electron chi connectivity index (χ0n) is 14.3. The van der Waals surface area contributed by atoms with E-state index in [0.717, 1.165) is 21.3 Å². The lowest BCUT2D eigenvalue weighted by Gasteiger charge is -2.24. The van der Waals surface area contributed by atoms with Gasteiger partial charge < -0.3 is 10.5 Å². The summed E-state index contributed by atoms with van der Waals surface area (Å²) in [6.45, 7) is 1.85. The third-order valence-corrected chi connectivity index (χ3v) is 5.04. The Morgan fingerprint density at radius 1 is 1.19 bits per heavy atom. The summed E-state index contributed by atoms with van der Waals surface area (Å²) >= 11 is 3.42. The molecule has 0 bridgehead atoms. The van der Waals surface area contributed by atoms with E-state index < -0.39 is 5.92 Å². The Hall–Kier alpha value is -3.11. The molecule has 1 unspecified atom stereocenters. The van der Waals surface area contributed by atoms with Crippen LogP contribution in [0.1, 0.15) is 22.7 Å². The molecule has 3 aromatic rings. The fourth-order valence-electron chi connectivity index (χ4n) is 3.26. The SMILES string of the molecule is Cc1nn(-c2ccc(Br)cc2)c2c1C(c1ccc(F)cc1)C(C#N)=C(N)O2. The van der Waals surface area contributed by atoms with Crippen LogP contribution in [-0.4, -0.2) is 9.78 Å². The summed E-state index contributed by atoms with van der Waals surface area (Å²) in [5.41, 5.74) is 9.34. The number of ether oxygens (including phenoxy) is 1. The molecule has 27 heavy (non-hydrogen) atoms. The maximum absolute atomic E-state index is 13.4. The molecular formula is C20H14BrFN4O. The van der Waals surface area contributed by atoms with Crippen molar-refractivity contribution in [2.75, 3.05) is 0 Å². The maximum atomic E-state index is 13.4. The van der Waals surface area contributed by atoms with Crippen LogP contribution in [0, 0.1) is 24.1 Å². The van der Waals surface area contributed by atoms with Crippen molar-refractivity contribution in [2.45, 2.75) is 12.8 Å². The highest BCUT2D eigenvalue weighted by atomic mass is 79.9. The predicted molar refractivity (Wildman–Crippen MR) is 102 cm³/mol. The lowest BCUT2D eigenvalue weighted by molar-refractivity contribution is 0.367. The van der Waals surface area contributed by atoms with E-state index in [-0.39, 0.29) is 17.3 Å². The normalized spacial score (nSPS) is 15.9. The molecule has 0 saturated carbocycles. The highest BCUT2D eigenvalue weighted by Gasteiger charge is 2.36. The van der Waals surface area contributed by atoms with Crippen LogP contribution in [0.3, 0.4) is 0 Å². The standard InChI is InChI=1S/C20H14BrFN4O/c1-11-17-18(12-2-6-14(22)7-3-12)16(10-23)19(24)27-20(17)26(25-11)15-8-4-13(21)5-9-15/h2-9,18H,24H2,1H3. The second kappa shape index (κ2) is 6.56. The third-order valence-electron chi connectivity index (χ3n) is 4.51. The molecular weight excluding hydrogens is 411 g/mol. The molecule has 1 atom stereocenters. The Morgan fingerprint density at radius 2 is 1.85 bits per heavy atom. The van der Waals surface area contributed by atoms with Crippen LogP contribution in [0.2, 0.25) is 0 Å². The van der Waals surface area contributed by atoms with E-state index in [1.165, 1.54) is 12.1 Å². The van der Waals surface area contributed by atoms with Crippen LogP contribution < -0.4 is 10.5 Å². The number of fused-ring (bicyclic) bond motifs is 1. The van der Waals surface area contributed by atoms with Gasteiger partial charge in [-0.25, -0.2) is 9.07 Å². The van der Waals surface area contributed by atoms with Gasteiger partial charge in [0.05, 0.1) is 22.9 Å². The van der Waals surface area contributed by atoms with Crippen molar-refractivity contribution in [1.29, 1.82) is 5.26 Å². The average Bonchev–Trinajstić information content (AvgIpc) is 2.98. The van der Waals surface area contributed by atoms with Gasteiger partial charge in [-0.3, -0.25) is 0 Å². The molecule has 4 rings (SSSR count). The van der Waals surface area contributed by atoms with E-state index in [0.29, 0.717) is 11.6 Å². The quantitative estimate of drug-likeness (QED) is 0.664. The highest BCUT2D eigenvalue weighted by molar-refractivity contribution is 9.10. The molecule has 2 N–H and O–H groups in total. The summed E-state index contributed by atoms with van der Waals surface area (Å²) < 4.78 is 21.8. The molecule has 7 heteroatoms. The number of nitrogens with two attached hydrogens (primary N) is 1. The summed E-state index contributed by atoms with van der Waals surface area (Å²) in [4.78, 5) is 0. The van der Waals surface area contributed by atoms with Crippen molar-refractivity contribution in [3.63, 3.8) is 0 Å². The summed E-state index contributed by atoms with van der Waals surface area (Å²) in [6.07, 6.45) is 0. The largest absolute Gasteiger partial charge is 0.422 e. The van der Waals surface area contributed by atoms with Gasteiger partial charge >= 0.3 is 0 Å². The van der Waals surface area contributed by atoms with Gasteiger partial charge in [-0.1, -0.05) is 28.1 Å². The Kier molecular flexibility index (Phi) is 4.21. The Bertz CT molecular complexity index is 1090. The third kappa shape index (κ3) is 2.88. The molecule has 0 amide bonds. The van der Waals surface area contributed by atoms with Gasteiger partial charge in [0.1, 0.15) is 17.5 Å². The first-order chi connectivity index (χ1) is 13.0. The number of allylic oxidation sites excluding steroid dienone is 1. The number of hydrogen-bond donors (Lipinski definition) is 1. The monoisotopic (exact) mass is 424 g/mol. The summed E-state index contributed by atoms with van der Waals surface area (Å²) in [5, 5.41) is 14.2. The molecule has 0 fully saturated rings. The minimum Gasteiger partial charge on any atom is -0.422 e. The minimum absolute atomic E-state index is 0.0255. The first-order valence-corrected chi connectivity index (χ1v) is 8.97. The van der Waals surface area contributed by atoms with Crippen molar-refractivity contribution >= 4 is 15.9 Å². The topological polar surface area (TPSA) is 76.9 Å². The fraction of sp³-hybridized carbons (Fsp3) is 0.100. The number of hydrogen-bond acceptors (Lipinski definition) is 4. The number of halogens is 2. The number of aryl methyl sites for hydroxylation is 1. The zero-order chi connectivity index (χ0) is 19.1. The number of nitrogens with zero attached hydrogens (tertiary/aromatic N) is 3. The number of benzene rings is 2. The van der Waals surface area contributed by atoms with E-state index in [2.05, 4.69) is 27.1 Å². The maximum Gasteiger partial charge on any atom is 0.229 e. The van der Waals surface area contributed by atoms with Crippen LogP contribution in [-0.2, 0) is 0 Å². The van der Waals surface area contributed by atoms with Gasteiger partial charge in [-0.05, 0) is 48.9 Å². The number of aromatic nitrogens is 2. The van der Waals surface area contributed by atoms with Crippen LogP contribution in [0.4, 0.5) is 4.39 Å². The second-order valence-electron chi connectivity index (χ2n) is 6.17. The molecule has 1 aliphatic rings. The average molecular weight is 425 g/mol. The van der Waals surface area contributed by atoms with Crippen molar-refractivity contribution < 1.29 is 9.13 Å². The van der Waals surface area contributed by atoms with Crippen molar-refractivity contribution in [1.82, 2.24) is 9.78 Å². The Labute approximate surface area is 163 Å². The first-order valence-electron chi connectivity index (χ1n) is 8.18. The lowest BCUT2D eigenvalue weighted by atomic mass is 9.84. The molecule has 2 aromatic carbocycles. The van der Waals surface area contributed by atoms with Crippen molar-refractivity contribution in [3.8, 4) is 17.6 Å². The number of nitriles is 1. The fourth-order valence-corrected chi connectivity index (χ4v) is 3.52. The molecule has 0 aliphatic carbocycles. The van der Waals surface area contributed by atoms with Crippen LogP contribution in [0.5, 0.6) is 5.88 Å². The van der Waals surface area contributed by atoms with E-state index in [4.69, 9.17) is 10.5 Å². The van der Waals surface area contributed by atoms with Gasteiger partial charge in [-0.2, -0.15) is 10.4 Å². The van der Waals surface area contributed by atoms with Crippen molar-refractivity contribution in [2.24, 2.45) is 5.73 Å². The highest BCUT2D eigenvalue weighted by Crippen LogP contribution is 2.44. The molecule has 5 nitrogen and oxygen atoms in total. The second-order valence-corrected chi connectivity index (χ2v) is 7.08. The van der Waals surface area contributed by atoms with E-state index in [1.54, 1.807) is 16.8 Å². The molecule has 0 saturated heterocycles. The van der Waals surface area contributed by atoms with Gasteiger partial charge in [0, 0.05) is 4.47 Å². The summed E-state index contributed by atoms with van der Waals surface area (Å²) in [5.74, 6) is -0.328. The summed E-state index contributed by atoms with van der Waals surface area (Å²) in [7, 11) is 0. The molecule has 0 spiro atoms. The van der Waals surface area contributed by atoms with Gasteiger partial charge in [0.2, 0.25) is 11.8 Å². The van der Waals surface area contributed by atoms with Gasteiger partial charge in [0.25, 0.3) is 0 Å². The van der Waals surface area contributed by atoms with E-state index in [1.807, 2.05) is 31.2 Å². The molecule has 0 radical (unpaired) electrons. The Morgan fingerprint density at radius 3 is 2.48 bits per heavy atom. The van der Waals surface area contributed by atoms with Crippen molar-refractivity contribution in [3.05, 3.63) is 87.1 Å². The summed E-state index contributed by atoms with van der Waals surface area (Å²) in [6, 6.07) is 15.8. The lowest BCUT2D eigenvalue weighted by Crippen LogP contribution is -2.22. The molecule has 1 aliphatic heterocycles. The zero-order valence-corrected chi connectivity index (χ0v) is 15.9. The van der Waals surface area contributed by atoms with E-state index in [9.17, 15) is 9.65 Å².